The molecular formula is C25H23N3O3S. The first kappa shape index (κ1) is 20.6. The molecule has 6 nitrogen and oxygen atoms in total. The van der Waals surface area contributed by atoms with Crippen molar-refractivity contribution in [3.8, 4) is 5.75 Å². The molecule has 1 atom stereocenters. The Morgan fingerprint density at radius 1 is 1.12 bits per heavy atom. The molecular weight excluding hydrogens is 422 g/mol. The molecule has 0 fully saturated rings. The third kappa shape index (κ3) is 3.52. The lowest BCUT2D eigenvalue weighted by molar-refractivity contribution is -0.118. The van der Waals surface area contributed by atoms with Gasteiger partial charge in [-0.1, -0.05) is 43.4 Å². The van der Waals surface area contributed by atoms with Crippen LogP contribution in [0.4, 0.5) is 0 Å². The molecule has 0 saturated heterocycles. The number of hydrogen-bond acceptors (Lipinski definition) is 6. The maximum Gasteiger partial charge on any atom is 0.271 e. The second-order valence-corrected chi connectivity index (χ2v) is 9.92. The van der Waals surface area contributed by atoms with Crippen LogP contribution in [0.15, 0.2) is 69.7 Å². The zero-order valence-electron chi connectivity index (χ0n) is 18.2. The molecule has 2 aromatic heterocycles. The topological polar surface area (TPSA) is 73.6 Å². The Labute approximate surface area is 189 Å². The summed E-state index contributed by atoms with van der Waals surface area (Å²) in [6, 6.07) is 12.6. The maximum atomic E-state index is 13.5. The molecule has 0 saturated carbocycles. The number of benzene rings is 1. The van der Waals surface area contributed by atoms with E-state index < -0.39 is 6.04 Å². The van der Waals surface area contributed by atoms with Crippen LogP contribution in [0.3, 0.4) is 0 Å². The van der Waals surface area contributed by atoms with Gasteiger partial charge in [0.1, 0.15) is 5.75 Å². The van der Waals surface area contributed by atoms with Gasteiger partial charge in [0.25, 0.3) is 5.56 Å². The highest BCUT2D eigenvalue weighted by Crippen LogP contribution is 2.43. The number of aromatic nitrogens is 2. The summed E-state index contributed by atoms with van der Waals surface area (Å²) in [5, 5.41) is 0. The van der Waals surface area contributed by atoms with Crippen LogP contribution in [0.1, 0.15) is 44.0 Å². The number of ether oxygens (including phenoxy) is 1. The van der Waals surface area contributed by atoms with Crippen molar-refractivity contribution in [1.29, 1.82) is 0 Å². The summed E-state index contributed by atoms with van der Waals surface area (Å²) >= 11 is 1.34. The average Bonchev–Trinajstić information content (AvgIpc) is 3.07. The SMILES string of the molecule is COc1ccc(C2C3=C(CC(C)(C)CC3=O)N=c3sc(=Cc4ccccn4)c(=O)n32)cc1. The van der Waals surface area contributed by atoms with E-state index in [9.17, 15) is 9.59 Å². The van der Waals surface area contributed by atoms with Gasteiger partial charge in [0, 0.05) is 18.2 Å². The molecule has 162 valence electrons. The van der Waals surface area contributed by atoms with Crippen molar-refractivity contribution in [3.05, 3.63) is 90.9 Å². The fourth-order valence-electron chi connectivity index (χ4n) is 4.45. The molecule has 1 unspecified atom stereocenters. The first-order valence-corrected chi connectivity index (χ1v) is 11.3. The Kier molecular flexibility index (Phi) is 4.93. The van der Waals surface area contributed by atoms with E-state index in [2.05, 4.69) is 18.8 Å². The van der Waals surface area contributed by atoms with E-state index in [1.807, 2.05) is 42.5 Å². The highest BCUT2D eigenvalue weighted by Gasteiger charge is 2.40. The molecule has 3 heterocycles. The van der Waals surface area contributed by atoms with Gasteiger partial charge in [-0.2, -0.15) is 0 Å². The van der Waals surface area contributed by atoms with Crippen molar-refractivity contribution >= 4 is 23.2 Å². The number of hydrogen-bond donors (Lipinski definition) is 0. The molecule has 0 radical (unpaired) electrons. The summed E-state index contributed by atoms with van der Waals surface area (Å²) in [5.41, 5.74) is 2.67. The molecule has 0 spiro atoms. The predicted octanol–water partition coefficient (Wildman–Crippen LogP) is 3.01. The van der Waals surface area contributed by atoms with Crippen LogP contribution >= 0.6 is 11.3 Å². The van der Waals surface area contributed by atoms with Crippen LogP contribution in [-0.4, -0.2) is 22.4 Å². The van der Waals surface area contributed by atoms with Crippen molar-refractivity contribution in [2.45, 2.75) is 32.7 Å². The second-order valence-electron chi connectivity index (χ2n) is 8.91. The summed E-state index contributed by atoms with van der Waals surface area (Å²) < 4.78 is 7.51. The zero-order valence-corrected chi connectivity index (χ0v) is 19.0. The van der Waals surface area contributed by atoms with Gasteiger partial charge < -0.3 is 4.74 Å². The number of rotatable bonds is 3. The summed E-state index contributed by atoms with van der Waals surface area (Å²) in [6.45, 7) is 4.17. The van der Waals surface area contributed by atoms with Crippen LogP contribution < -0.4 is 19.6 Å². The minimum atomic E-state index is -0.498. The lowest BCUT2D eigenvalue weighted by atomic mass is 9.73. The van der Waals surface area contributed by atoms with Crippen LogP contribution in [0.25, 0.3) is 6.08 Å². The number of nitrogens with zero attached hydrogens (tertiary/aromatic N) is 3. The van der Waals surface area contributed by atoms with Crippen molar-refractivity contribution < 1.29 is 9.53 Å². The number of thiazole rings is 1. The van der Waals surface area contributed by atoms with Gasteiger partial charge in [-0.05, 0) is 47.7 Å². The molecule has 1 aliphatic heterocycles. The van der Waals surface area contributed by atoms with Crippen molar-refractivity contribution in [2.75, 3.05) is 7.11 Å². The molecule has 7 heteroatoms. The summed E-state index contributed by atoms with van der Waals surface area (Å²) in [7, 11) is 1.61. The third-order valence-electron chi connectivity index (χ3n) is 5.89. The third-order valence-corrected chi connectivity index (χ3v) is 6.88. The first-order chi connectivity index (χ1) is 15.4. The number of allylic oxidation sites excluding steroid dienone is 2. The van der Waals surface area contributed by atoms with Gasteiger partial charge in [0.2, 0.25) is 0 Å². The van der Waals surface area contributed by atoms with E-state index in [0.717, 1.165) is 17.0 Å². The van der Waals surface area contributed by atoms with E-state index >= 15 is 0 Å². The molecule has 0 N–H and O–H groups in total. The molecule has 3 aromatic rings. The molecule has 5 rings (SSSR count). The second kappa shape index (κ2) is 7.67. The minimum absolute atomic E-state index is 0.0554. The lowest BCUT2D eigenvalue weighted by Gasteiger charge is -2.35. The fourth-order valence-corrected chi connectivity index (χ4v) is 5.45. The number of carbonyl (C=O) groups is 1. The molecule has 1 aliphatic carbocycles. The molecule has 1 aromatic carbocycles. The standard InChI is InChI=1S/C25H23N3O3S/c1-25(2)13-18-21(19(29)14-25)22(15-7-9-17(31-3)10-8-15)28-23(30)20(32-24(28)27-18)12-16-6-4-5-11-26-16/h4-12,22H,13-14H2,1-3H3. The van der Waals surface area contributed by atoms with Gasteiger partial charge in [-0.15, -0.1) is 0 Å². The monoisotopic (exact) mass is 445 g/mol. The van der Waals surface area contributed by atoms with Crippen molar-refractivity contribution in [1.82, 2.24) is 9.55 Å². The number of Topliss-reactive ketones (excluding diaryl/α,β-unsaturated/α-hetero) is 1. The normalized spacial score (nSPS) is 19.9. The average molecular weight is 446 g/mol. The minimum Gasteiger partial charge on any atom is -0.497 e. The number of pyridine rings is 1. The molecule has 0 amide bonds. The Balaban J connectivity index is 1.76. The van der Waals surface area contributed by atoms with Crippen LogP contribution in [0.5, 0.6) is 5.75 Å². The molecule has 0 bridgehead atoms. The van der Waals surface area contributed by atoms with E-state index in [1.165, 1.54) is 11.3 Å². The van der Waals surface area contributed by atoms with Crippen molar-refractivity contribution in [2.24, 2.45) is 10.4 Å². The number of methoxy groups -OCH3 is 1. The number of ketones is 1. The molecule has 32 heavy (non-hydrogen) atoms. The van der Waals surface area contributed by atoms with Crippen LogP contribution in [0.2, 0.25) is 0 Å². The highest BCUT2D eigenvalue weighted by molar-refractivity contribution is 7.07. The highest BCUT2D eigenvalue weighted by atomic mass is 32.1. The van der Waals surface area contributed by atoms with E-state index in [4.69, 9.17) is 9.73 Å². The summed E-state index contributed by atoms with van der Waals surface area (Å²) in [5.74, 6) is 0.779. The predicted molar refractivity (Wildman–Crippen MR) is 123 cm³/mol. The Bertz CT molecular complexity index is 1410. The van der Waals surface area contributed by atoms with Gasteiger partial charge >= 0.3 is 0 Å². The van der Waals surface area contributed by atoms with Crippen LogP contribution in [0, 0.1) is 5.41 Å². The smallest absolute Gasteiger partial charge is 0.271 e. The van der Waals surface area contributed by atoms with Crippen molar-refractivity contribution in [3.63, 3.8) is 0 Å². The maximum absolute atomic E-state index is 13.5. The molecule has 2 aliphatic rings. The van der Waals surface area contributed by atoms with Crippen LogP contribution in [-0.2, 0) is 4.79 Å². The van der Waals surface area contributed by atoms with Gasteiger partial charge in [-0.25, -0.2) is 4.99 Å². The van der Waals surface area contributed by atoms with Gasteiger partial charge in [-0.3, -0.25) is 19.1 Å². The first-order valence-electron chi connectivity index (χ1n) is 10.5. The quantitative estimate of drug-likeness (QED) is 0.621. The Morgan fingerprint density at radius 3 is 2.59 bits per heavy atom. The van der Waals surface area contributed by atoms with Gasteiger partial charge in [0.15, 0.2) is 10.6 Å². The Hall–Kier alpha value is -3.32. The Morgan fingerprint density at radius 2 is 1.91 bits per heavy atom. The zero-order chi connectivity index (χ0) is 22.5. The van der Waals surface area contributed by atoms with E-state index in [1.54, 1.807) is 23.9 Å². The summed E-state index contributed by atoms with van der Waals surface area (Å²) in [4.78, 5) is 36.6. The lowest BCUT2D eigenvalue weighted by Crippen LogP contribution is -2.42. The van der Waals surface area contributed by atoms with E-state index in [-0.39, 0.29) is 16.8 Å². The van der Waals surface area contributed by atoms with E-state index in [0.29, 0.717) is 33.4 Å². The summed E-state index contributed by atoms with van der Waals surface area (Å²) in [6.07, 6.45) is 4.62. The largest absolute Gasteiger partial charge is 0.497 e. The number of carbonyl (C=O) groups excluding carboxylic acids is 1. The van der Waals surface area contributed by atoms with Gasteiger partial charge in [0.05, 0.1) is 29.1 Å². The fraction of sp³-hybridized carbons (Fsp3) is 0.280. The number of fused-ring (bicyclic) bond motifs is 1.